The average Bonchev–Trinajstić information content (AvgIpc) is 3.06. The van der Waals surface area contributed by atoms with Crippen LogP contribution in [0, 0.1) is 0 Å². The molecule has 0 spiro atoms. The molecule has 1 heterocycles. The summed E-state index contributed by atoms with van der Waals surface area (Å²) in [6.07, 6.45) is 1.75. The highest BCUT2D eigenvalue weighted by Gasteiger charge is 2.21. The fraction of sp³-hybridized carbons (Fsp3) is 0.526. The smallest absolute Gasteiger partial charge is 0.227 e. The van der Waals surface area contributed by atoms with Gasteiger partial charge in [0, 0.05) is 24.8 Å². The van der Waals surface area contributed by atoms with Gasteiger partial charge in [-0.2, -0.15) is 4.98 Å². The summed E-state index contributed by atoms with van der Waals surface area (Å²) < 4.78 is 10.7. The van der Waals surface area contributed by atoms with Gasteiger partial charge in [0.25, 0.3) is 0 Å². The largest absolute Gasteiger partial charge is 0.494 e. The van der Waals surface area contributed by atoms with Crippen LogP contribution in [0.25, 0.3) is 0 Å². The van der Waals surface area contributed by atoms with Crippen molar-refractivity contribution in [2.45, 2.75) is 58.9 Å². The number of aromatic nitrogens is 2. The maximum absolute atomic E-state index is 12.0. The summed E-state index contributed by atoms with van der Waals surface area (Å²) in [4.78, 5) is 16.3. The van der Waals surface area contributed by atoms with E-state index in [1.165, 1.54) is 0 Å². The number of hydrogen-bond donors (Lipinski definition) is 1. The van der Waals surface area contributed by atoms with Crippen LogP contribution in [0.5, 0.6) is 5.75 Å². The number of carbonyl (C=O) groups excluding carboxylic acids is 1. The Morgan fingerprint density at radius 1 is 1.24 bits per heavy atom. The molecule has 1 aromatic heterocycles. The van der Waals surface area contributed by atoms with Crippen LogP contribution in [0.4, 0.5) is 0 Å². The molecule has 136 valence electrons. The van der Waals surface area contributed by atoms with Gasteiger partial charge in [0.15, 0.2) is 5.82 Å². The molecule has 0 aliphatic rings. The third-order valence-corrected chi connectivity index (χ3v) is 3.59. The van der Waals surface area contributed by atoms with Crippen molar-refractivity contribution in [3.63, 3.8) is 0 Å². The molecule has 0 unspecified atom stereocenters. The molecule has 0 bridgehead atoms. The maximum atomic E-state index is 12.0. The maximum Gasteiger partial charge on any atom is 0.227 e. The van der Waals surface area contributed by atoms with Crippen molar-refractivity contribution in [1.82, 2.24) is 15.5 Å². The Bertz CT molecular complexity index is 672. The molecule has 0 saturated heterocycles. The zero-order valence-corrected chi connectivity index (χ0v) is 15.5. The van der Waals surface area contributed by atoms with Crippen LogP contribution in [-0.4, -0.2) is 22.7 Å². The van der Waals surface area contributed by atoms with E-state index in [2.05, 4.69) is 22.4 Å². The predicted octanol–water partition coefficient (Wildman–Crippen LogP) is 3.40. The summed E-state index contributed by atoms with van der Waals surface area (Å²) in [5, 5.41) is 6.86. The zero-order valence-electron chi connectivity index (χ0n) is 15.5. The van der Waals surface area contributed by atoms with E-state index in [1.54, 1.807) is 0 Å². The van der Waals surface area contributed by atoms with Gasteiger partial charge in [-0.3, -0.25) is 4.79 Å². The quantitative estimate of drug-likeness (QED) is 0.793. The summed E-state index contributed by atoms with van der Waals surface area (Å²) in [6, 6.07) is 7.75. The number of ether oxygens (including phenoxy) is 1. The Morgan fingerprint density at radius 3 is 2.56 bits per heavy atom. The van der Waals surface area contributed by atoms with Crippen LogP contribution in [0.1, 0.15) is 57.8 Å². The molecule has 0 saturated carbocycles. The molecule has 6 nitrogen and oxygen atoms in total. The van der Waals surface area contributed by atoms with Crippen LogP contribution in [0.3, 0.4) is 0 Å². The fourth-order valence-electron chi connectivity index (χ4n) is 2.09. The summed E-state index contributed by atoms with van der Waals surface area (Å²) in [6.45, 7) is 9.33. The van der Waals surface area contributed by atoms with Gasteiger partial charge in [0.05, 0.1) is 6.61 Å². The van der Waals surface area contributed by atoms with Gasteiger partial charge in [0.2, 0.25) is 11.8 Å². The Kier molecular flexibility index (Phi) is 6.56. The van der Waals surface area contributed by atoms with Gasteiger partial charge in [-0.25, -0.2) is 0 Å². The van der Waals surface area contributed by atoms with E-state index in [0.717, 1.165) is 17.7 Å². The van der Waals surface area contributed by atoms with Gasteiger partial charge in [-0.05, 0) is 24.1 Å². The Labute approximate surface area is 149 Å². The molecule has 1 aromatic carbocycles. The van der Waals surface area contributed by atoms with Gasteiger partial charge in [-0.15, -0.1) is 0 Å². The lowest BCUT2D eigenvalue weighted by molar-refractivity contribution is -0.121. The number of amides is 1. The summed E-state index contributed by atoms with van der Waals surface area (Å²) in [5.74, 6) is 1.97. The lowest BCUT2D eigenvalue weighted by Gasteiger charge is -2.10. The van der Waals surface area contributed by atoms with Crippen molar-refractivity contribution in [3.8, 4) is 5.75 Å². The summed E-state index contributed by atoms with van der Waals surface area (Å²) in [7, 11) is 0. The third-order valence-electron chi connectivity index (χ3n) is 3.59. The molecule has 1 amide bonds. The average molecular weight is 345 g/mol. The van der Waals surface area contributed by atoms with Crippen molar-refractivity contribution >= 4 is 5.91 Å². The van der Waals surface area contributed by atoms with Crippen LogP contribution in [-0.2, 0) is 23.2 Å². The number of aryl methyl sites for hydroxylation is 1. The molecule has 2 aromatic rings. The minimum Gasteiger partial charge on any atom is -0.494 e. The first kappa shape index (κ1) is 19.0. The molecule has 6 heteroatoms. The molecular weight excluding hydrogens is 318 g/mol. The Hall–Kier alpha value is -2.37. The van der Waals surface area contributed by atoms with Crippen molar-refractivity contribution in [3.05, 3.63) is 41.5 Å². The first-order valence-corrected chi connectivity index (χ1v) is 8.70. The van der Waals surface area contributed by atoms with Gasteiger partial charge in [-0.1, -0.05) is 45.0 Å². The molecule has 0 radical (unpaired) electrons. The van der Waals surface area contributed by atoms with Gasteiger partial charge in [0.1, 0.15) is 5.75 Å². The topological polar surface area (TPSA) is 77.2 Å². The Morgan fingerprint density at radius 2 is 1.96 bits per heavy atom. The number of benzene rings is 1. The summed E-state index contributed by atoms with van der Waals surface area (Å²) >= 11 is 0. The second kappa shape index (κ2) is 8.65. The highest BCUT2D eigenvalue weighted by atomic mass is 16.5. The highest BCUT2D eigenvalue weighted by molar-refractivity contribution is 5.76. The fourth-order valence-corrected chi connectivity index (χ4v) is 2.09. The molecule has 0 atom stereocenters. The number of nitrogens with one attached hydrogen (secondary N) is 1. The van der Waals surface area contributed by atoms with E-state index in [9.17, 15) is 4.79 Å². The first-order chi connectivity index (χ1) is 11.9. The zero-order chi connectivity index (χ0) is 18.3. The first-order valence-electron chi connectivity index (χ1n) is 8.70. The predicted molar refractivity (Wildman–Crippen MR) is 95.4 cm³/mol. The normalized spacial score (nSPS) is 11.4. The number of carbonyl (C=O) groups is 1. The van der Waals surface area contributed by atoms with E-state index < -0.39 is 0 Å². The lowest BCUT2D eigenvalue weighted by atomic mass is 9.96. The molecule has 2 rings (SSSR count). The minimum absolute atomic E-state index is 0.0400. The van der Waals surface area contributed by atoms with Crippen LogP contribution >= 0.6 is 0 Å². The highest BCUT2D eigenvalue weighted by Crippen LogP contribution is 2.18. The van der Waals surface area contributed by atoms with Crippen LogP contribution < -0.4 is 10.1 Å². The van der Waals surface area contributed by atoms with Crippen LogP contribution in [0.2, 0.25) is 0 Å². The SMILES string of the molecule is CCCOc1ccc(CNC(=O)CCc2nc(C(C)(C)C)no2)cc1. The van der Waals surface area contributed by atoms with E-state index in [0.29, 0.717) is 37.7 Å². The number of nitrogens with zero attached hydrogens (tertiary/aromatic N) is 2. The van der Waals surface area contributed by atoms with E-state index in [4.69, 9.17) is 9.26 Å². The molecule has 0 aliphatic heterocycles. The molecule has 0 fully saturated rings. The van der Waals surface area contributed by atoms with E-state index in [1.807, 2.05) is 45.0 Å². The second-order valence-corrected chi connectivity index (χ2v) is 7.03. The van der Waals surface area contributed by atoms with E-state index >= 15 is 0 Å². The van der Waals surface area contributed by atoms with Crippen molar-refractivity contribution in [2.24, 2.45) is 0 Å². The van der Waals surface area contributed by atoms with Gasteiger partial charge >= 0.3 is 0 Å². The number of rotatable bonds is 8. The standard InChI is InChI=1S/C19H27N3O3/c1-5-12-24-15-8-6-14(7-9-15)13-20-16(23)10-11-17-21-18(22-25-17)19(2,3)4/h6-9H,5,10-13H2,1-4H3,(H,20,23). The third kappa shape index (κ3) is 6.21. The summed E-state index contributed by atoms with van der Waals surface area (Å²) in [5.41, 5.74) is 0.877. The minimum atomic E-state index is -0.156. The van der Waals surface area contributed by atoms with E-state index in [-0.39, 0.29) is 11.3 Å². The second-order valence-electron chi connectivity index (χ2n) is 7.03. The molecule has 25 heavy (non-hydrogen) atoms. The van der Waals surface area contributed by atoms with Crippen molar-refractivity contribution in [2.75, 3.05) is 6.61 Å². The number of hydrogen-bond acceptors (Lipinski definition) is 5. The molecular formula is C19H27N3O3. The van der Waals surface area contributed by atoms with Crippen LogP contribution in [0.15, 0.2) is 28.8 Å². The molecule has 1 N–H and O–H groups in total. The lowest BCUT2D eigenvalue weighted by Crippen LogP contribution is -2.23. The monoisotopic (exact) mass is 345 g/mol. The van der Waals surface area contributed by atoms with Gasteiger partial charge < -0.3 is 14.6 Å². The van der Waals surface area contributed by atoms with Crippen molar-refractivity contribution in [1.29, 1.82) is 0 Å². The Balaban J connectivity index is 1.74. The van der Waals surface area contributed by atoms with Crippen molar-refractivity contribution < 1.29 is 14.1 Å². The molecule has 0 aliphatic carbocycles.